The summed E-state index contributed by atoms with van der Waals surface area (Å²) < 4.78 is 8.28. The normalized spacial score (nSPS) is 10.8. The van der Waals surface area contributed by atoms with Gasteiger partial charge < -0.3 is 15.4 Å². The summed E-state index contributed by atoms with van der Waals surface area (Å²) >= 11 is 0. The Morgan fingerprint density at radius 2 is 1.85 bits per heavy atom. The van der Waals surface area contributed by atoms with Crippen LogP contribution in [0.15, 0.2) is 59.8 Å². The Morgan fingerprint density at radius 1 is 1.09 bits per heavy atom. The lowest BCUT2D eigenvalue weighted by atomic mass is 10.2. The minimum absolute atomic E-state index is 0.0344. The molecule has 2 amide bonds. The van der Waals surface area contributed by atoms with Crippen molar-refractivity contribution in [1.29, 1.82) is 0 Å². The molecule has 0 aliphatic heterocycles. The molecule has 2 aromatic heterocycles. The fraction of sp³-hybridized carbons (Fsp3) is 0.208. The van der Waals surface area contributed by atoms with E-state index in [1.54, 1.807) is 22.9 Å². The molecule has 0 saturated carbocycles. The predicted octanol–water partition coefficient (Wildman–Crippen LogP) is 2.89. The number of methoxy groups -OCH3 is 1. The zero-order chi connectivity index (χ0) is 24.2. The lowest BCUT2D eigenvalue weighted by molar-refractivity contribution is -0.116. The van der Waals surface area contributed by atoms with Gasteiger partial charge in [-0.3, -0.25) is 19.0 Å². The molecule has 0 atom stereocenters. The van der Waals surface area contributed by atoms with Crippen LogP contribution in [0.5, 0.6) is 5.75 Å². The quantitative estimate of drug-likeness (QED) is 0.438. The summed E-state index contributed by atoms with van der Waals surface area (Å²) in [6, 6.07) is 12.7. The van der Waals surface area contributed by atoms with Gasteiger partial charge in [0, 0.05) is 25.6 Å². The summed E-state index contributed by atoms with van der Waals surface area (Å²) in [4.78, 5) is 41.2. The van der Waals surface area contributed by atoms with E-state index in [1.807, 2.05) is 31.2 Å². The smallest absolute Gasteiger partial charge is 0.264 e. The van der Waals surface area contributed by atoms with Gasteiger partial charge in [-0.2, -0.15) is 5.10 Å². The highest BCUT2D eigenvalue weighted by atomic mass is 16.5. The third kappa shape index (κ3) is 4.80. The summed E-state index contributed by atoms with van der Waals surface area (Å²) in [6.07, 6.45) is 2.94. The maximum absolute atomic E-state index is 12.9. The van der Waals surface area contributed by atoms with Crippen molar-refractivity contribution in [3.8, 4) is 11.4 Å². The van der Waals surface area contributed by atoms with E-state index in [2.05, 4.69) is 20.7 Å². The Hall–Kier alpha value is -4.47. The van der Waals surface area contributed by atoms with Crippen molar-refractivity contribution in [1.82, 2.24) is 19.3 Å². The average molecular weight is 460 g/mol. The number of aryl methyl sites for hydroxylation is 2. The van der Waals surface area contributed by atoms with Crippen molar-refractivity contribution in [2.75, 3.05) is 17.7 Å². The van der Waals surface area contributed by atoms with Crippen molar-refractivity contribution in [3.05, 3.63) is 70.9 Å². The lowest BCUT2D eigenvalue weighted by Crippen LogP contribution is -2.23. The Bertz CT molecular complexity index is 1420. The van der Waals surface area contributed by atoms with Crippen LogP contribution < -0.4 is 20.9 Å². The van der Waals surface area contributed by atoms with Crippen molar-refractivity contribution in [2.24, 2.45) is 0 Å². The summed E-state index contributed by atoms with van der Waals surface area (Å²) in [5.41, 5.74) is 3.04. The third-order valence-corrected chi connectivity index (χ3v) is 5.21. The van der Waals surface area contributed by atoms with E-state index >= 15 is 0 Å². The number of hydrogen-bond donors (Lipinski definition) is 2. The molecule has 0 unspecified atom stereocenters. The first-order valence-electron chi connectivity index (χ1n) is 10.6. The van der Waals surface area contributed by atoms with Gasteiger partial charge in [-0.05, 0) is 37.3 Å². The van der Waals surface area contributed by atoms with Crippen LogP contribution in [0.4, 0.5) is 11.4 Å². The number of fused-ring (bicyclic) bond motifs is 1. The van der Waals surface area contributed by atoms with Crippen molar-refractivity contribution >= 4 is 34.2 Å². The van der Waals surface area contributed by atoms with Gasteiger partial charge in [0.05, 0.1) is 31.0 Å². The zero-order valence-corrected chi connectivity index (χ0v) is 19.0. The van der Waals surface area contributed by atoms with Crippen LogP contribution in [-0.4, -0.2) is 38.3 Å². The Morgan fingerprint density at radius 3 is 2.56 bits per heavy atom. The van der Waals surface area contributed by atoms with E-state index in [0.717, 1.165) is 11.3 Å². The monoisotopic (exact) mass is 460 g/mol. The van der Waals surface area contributed by atoms with E-state index < -0.39 is 0 Å². The number of carbonyl (C=O) groups is 2. The number of nitrogens with zero attached hydrogens (tertiary/aromatic N) is 4. The average Bonchev–Trinajstić information content (AvgIpc) is 3.24. The van der Waals surface area contributed by atoms with Crippen molar-refractivity contribution < 1.29 is 14.3 Å². The highest BCUT2D eigenvalue weighted by molar-refractivity contribution is 5.94. The van der Waals surface area contributed by atoms with Gasteiger partial charge in [0.15, 0.2) is 5.65 Å². The Labute approximate surface area is 195 Å². The molecule has 2 N–H and O–H groups in total. The summed E-state index contributed by atoms with van der Waals surface area (Å²) in [7, 11) is 1.49. The number of hydrogen-bond acceptors (Lipinski definition) is 6. The summed E-state index contributed by atoms with van der Waals surface area (Å²) in [5, 5.41) is 10.1. The van der Waals surface area contributed by atoms with Gasteiger partial charge in [-0.1, -0.05) is 17.7 Å². The first kappa shape index (κ1) is 22.7. The molecule has 34 heavy (non-hydrogen) atoms. The highest BCUT2D eigenvalue weighted by Crippen LogP contribution is 2.28. The minimum Gasteiger partial charge on any atom is -0.495 e. The van der Waals surface area contributed by atoms with Crippen LogP contribution in [0.25, 0.3) is 16.7 Å². The number of anilines is 2. The molecule has 0 aliphatic rings. The Balaban J connectivity index is 1.49. The van der Waals surface area contributed by atoms with Crippen molar-refractivity contribution in [2.45, 2.75) is 26.8 Å². The molecule has 10 nitrogen and oxygen atoms in total. The number of benzene rings is 2. The molecular formula is C24H24N6O4. The molecule has 2 aromatic carbocycles. The van der Waals surface area contributed by atoms with Gasteiger partial charge in [0.1, 0.15) is 11.1 Å². The molecular weight excluding hydrogens is 436 g/mol. The van der Waals surface area contributed by atoms with E-state index in [1.165, 1.54) is 31.1 Å². The fourth-order valence-corrected chi connectivity index (χ4v) is 3.50. The van der Waals surface area contributed by atoms with Crippen LogP contribution >= 0.6 is 0 Å². The second-order valence-corrected chi connectivity index (χ2v) is 7.77. The molecule has 174 valence electrons. The van der Waals surface area contributed by atoms with Gasteiger partial charge in [0.2, 0.25) is 11.8 Å². The van der Waals surface area contributed by atoms with Crippen molar-refractivity contribution in [3.63, 3.8) is 0 Å². The van der Waals surface area contributed by atoms with Gasteiger partial charge in [-0.25, -0.2) is 9.67 Å². The lowest BCUT2D eigenvalue weighted by Gasteiger charge is -2.13. The predicted molar refractivity (Wildman–Crippen MR) is 128 cm³/mol. The molecule has 0 bridgehead atoms. The van der Waals surface area contributed by atoms with Crippen LogP contribution in [0.3, 0.4) is 0 Å². The summed E-state index contributed by atoms with van der Waals surface area (Å²) in [6.45, 7) is 3.53. The van der Waals surface area contributed by atoms with E-state index in [0.29, 0.717) is 28.2 Å². The van der Waals surface area contributed by atoms with Crippen LogP contribution in [0, 0.1) is 6.92 Å². The second-order valence-electron chi connectivity index (χ2n) is 7.77. The van der Waals surface area contributed by atoms with Crippen LogP contribution in [0.1, 0.15) is 18.9 Å². The second kappa shape index (κ2) is 9.57. The maximum atomic E-state index is 12.9. The Kier molecular flexibility index (Phi) is 6.39. The highest BCUT2D eigenvalue weighted by Gasteiger charge is 2.14. The number of aromatic nitrogens is 4. The van der Waals surface area contributed by atoms with Gasteiger partial charge >= 0.3 is 0 Å². The van der Waals surface area contributed by atoms with E-state index in [-0.39, 0.29) is 30.3 Å². The van der Waals surface area contributed by atoms with Gasteiger partial charge in [-0.15, -0.1) is 0 Å². The number of rotatable bonds is 7. The molecule has 0 saturated heterocycles. The third-order valence-electron chi connectivity index (χ3n) is 5.21. The molecule has 0 fully saturated rings. The number of carbonyl (C=O) groups excluding carboxylic acids is 2. The molecule has 0 radical (unpaired) electrons. The van der Waals surface area contributed by atoms with E-state index in [4.69, 9.17) is 4.74 Å². The first-order valence-corrected chi connectivity index (χ1v) is 10.6. The molecule has 4 rings (SSSR count). The van der Waals surface area contributed by atoms with E-state index in [9.17, 15) is 14.4 Å². The standard InChI is InChI=1S/C24H24N6O4/c1-15-4-7-18(8-5-15)30-23-19(13-26-30)24(33)29(14-25-23)11-10-22(32)28-20-12-17(27-16(2)31)6-9-21(20)34-3/h4-9,12-14H,10-11H2,1-3H3,(H,27,31)(H,28,32). The topological polar surface area (TPSA) is 120 Å². The molecule has 0 aliphatic carbocycles. The first-order chi connectivity index (χ1) is 16.4. The SMILES string of the molecule is COc1ccc(NC(C)=O)cc1NC(=O)CCn1cnc2c(cnn2-c2ccc(C)cc2)c1=O. The summed E-state index contributed by atoms with van der Waals surface area (Å²) in [5.74, 6) is -0.0951. The molecule has 10 heteroatoms. The zero-order valence-electron chi connectivity index (χ0n) is 19.0. The fourth-order valence-electron chi connectivity index (χ4n) is 3.50. The largest absolute Gasteiger partial charge is 0.495 e. The number of nitrogens with one attached hydrogen (secondary N) is 2. The minimum atomic E-state index is -0.319. The maximum Gasteiger partial charge on any atom is 0.264 e. The number of ether oxygens (including phenoxy) is 1. The molecule has 4 aromatic rings. The van der Waals surface area contributed by atoms with Crippen LogP contribution in [0.2, 0.25) is 0 Å². The van der Waals surface area contributed by atoms with Crippen LogP contribution in [-0.2, 0) is 16.1 Å². The number of amides is 2. The molecule has 0 spiro atoms. The molecule has 2 heterocycles. The van der Waals surface area contributed by atoms with Gasteiger partial charge in [0.25, 0.3) is 5.56 Å².